The topological polar surface area (TPSA) is 37.4 Å². The van der Waals surface area contributed by atoms with Gasteiger partial charge in [-0.05, 0) is 70.1 Å². The molecule has 0 unspecified atom stereocenters. The number of hydrogen-bond acceptors (Lipinski definition) is 3. The molecule has 0 radical (unpaired) electrons. The molecule has 3 heteroatoms. The first-order chi connectivity index (χ1) is 14.2. The van der Waals surface area contributed by atoms with Gasteiger partial charge < -0.3 is 4.90 Å². The lowest BCUT2D eigenvalue weighted by Crippen LogP contribution is -2.32. The normalized spacial score (nSPS) is 13.1. The second-order valence-electron chi connectivity index (χ2n) is 8.93. The molecule has 0 bridgehead atoms. The van der Waals surface area contributed by atoms with Gasteiger partial charge in [0.1, 0.15) is 0 Å². The summed E-state index contributed by atoms with van der Waals surface area (Å²) in [7, 11) is 0. The lowest BCUT2D eigenvalue weighted by atomic mass is 9.82. The molecule has 0 saturated heterocycles. The fraction of sp³-hybridized carbons (Fsp3) is 0.481. The average Bonchev–Trinajstić information content (AvgIpc) is 2.67. The molecule has 0 saturated carbocycles. The predicted octanol–water partition coefficient (Wildman–Crippen LogP) is 6.57. The highest BCUT2D eigenvalue weighted by molar-refractivity contribution is 6.52. The Bertz CT molecular complexity index is 870. The van der Waals surface area contributed by atoms with E-state index in [2.05, 4.69) is 57.7 Å². The van der Waals surface area contributed by atoms with Crippen molar-refractivity contribution in [1.29, 1.82) is 0 Å². The van der Waals surface area contributed by atoms with Gasteiger partial charge in [0, 0.05) is 18.7 Å². The van der Waals surface area contributed by atoms with E-state index in [0.29, 0.717) is 11.1 Å². The summed E-state index contributed by atoms with van der Waals surface area (Å²) < 4.78 is 0. The molecule has 0 atom stereocenters. The second kappa shape index (κ2) is 10.6. The van der Waals surface area contributed by atoms with E-state index in [0.717, 1.165) is 49.2 Å². The molecule has 1 aliphatic carbocycles. The van der Waals surface area contributed by atoms with Gasteiger partial charge in [-0.15, -0.1) is 0 Å². The lowest BCUT2D eigenvalue weighted by molar-refractivity contribution is -0.112. The number of aryl methyl sites for hydroxylation is 1. The monoisotopic (exact) mass is 407 g/mol. The Balaban J connectivity index is 2.60. The molecule has 3 nitrogen and oxygen atoms in total. The number of carbonyl (C=O) groups is 2. The third kappa shape index (κ3) is 5.59. The van der Waals surface area contributed by atoms with E-state index < -0.39 is 0 Å². The fourth-order valence-corrected chi connectivity index (χ4v) is 3.92. The highest BCUT2D eigenvalue weighted by Crippen LogP contribution is 2.36. The van der Waals surface area contributed by atoms with Crippen LogP contribution in [0.2, 0.25) is 0 Å². The van der Waals surface area contributed by atoms with Gasteiger partial charge in [-0.3, -0.25) is 9.59 Å². The smallest absolute Gasteiger partial charge is 0.235 e. The number of benzene rings is 1. The van der Waals surface area contributed by atoms with Crippen LogP contribution in [0.5, 0.6) is 0 Å². The molecular weight excluding hydrogens is 370 g/mol. The van der Waals surface area contributed by atoms with Gasteiger partial charge in [0.15, 0.2) is 0 Å². The molecule has 30 heavy (non-hydrogen) atoms. The van der Waals surface area contributed by atoms with Crippen LogP contribution in [-0.4, -0.2) is 24.7 Å². The molecule has 2 rings (SSSR count). The Hall–Kier alpha value is -2.42. The van der Waals surface area contributed by atoms with Crippen molar-refractivity contribution in [3.63, 3.8) is 0 Å². The van der Waals surface area contributed by atoms with E-state index >= 15 is 0 Å². The largest absolute Gasteiger partial charge is 0.370 e. The summed E-state index contributed by atoms with van der Waals surface area (Å²) in [5.74, 6) is -0.660. The Kier molecular flexibility index (Phi) is 8.40. The SMILES string of the molecule is CCc1ccc2c(c1N(CCC=C(C)C)CCC=C(C)C)C(=O)C(=O)C(C(C)C)=C2. The summed E-state index contributed by atoms with van der Waals surface area (Å²) >= 11 is 0. The summed E-state index contributed by atoms with van der Waals surface area (Å²) in [5, 5.41) is 0. The summed E-state index contributed by atoms with van der Waals surface area (Å²) in [6.45, 7) is 16.1. The molecule has 0 fully saturated rings. The van der Waals surface area contributed by atoms with Gasteiger partial charge >= 0.3 is 0 Å². The highest BCUT2D eigenvalue weighted by Gasteiger charge is 2.33. The van der Waals surface area contributed by atoms with Crippen LogP contribution < -0.4 is 4.90 Å². The fourth-order valence-electron chi connectivity index (χ4n) is 3.92. The molecule has 0 amide bonds. The number of carbonyl (C=O) groups excluding carboxylic acids is 2. The van der Waals surface area contributed by atoms with Crippen LogP contribution in [0.1, 0.15) is 82.8 Å². The van der Waals surface area contributed by atoms with Gasteiger partial charge in [-0.2, -0.15) is 0 Å². The van der Waals surface area contributed by atoms with Crippen LogP contribution in [0.4, 0.5) is 5.69 Å². The van der Waals surface area contributed by atoms with Crippen LogP contribution >= 0.6 is 0 Å². The van der Waals surface area contributed by atoms with Crippen molar-refractivity contribution in [2.75, 3.05) is 18.0 Å². The van der Waals surface area contributed by atoms with E-state index in [-0.39, 0.29) is 17.5 Å². The number of allylic oxidation sites excluding steroid dienone is 3. The van der Waals surface area contributed by atoms with E-state index in [4.69, 9.17) is 0 Å². The molecule has 0 spiro atoms. The average molecular weight is 408 g/mol. The number of fused-ring (bicyclic) bond motifs is 1. The molecule has 1 aromatic carbocycles. The van der Waals surface area contributed by atoms with Crippen LogP contribution in [0.25, 0.3) is 6.08 Å². The number of nitrogens with zero attached hydrogens (tertiary/aromatic N) is 1. The van der Waals surface area contributed by atoms with Crippen LogP contribution in [0, 0.1) is 5.92 Å². The van der Waals surface area contributed by atoms with Gasteiger partial charge in [-0.25, -0.2) is 0 Å². The summed E-state index contributed by atoms with van der Waals surface area (Å²) in [6, 6.07) is 4.13. The second-order valence-corrected chi connectivity index (χ2v) is 8.93. The molecule has 0 aliphatic heterocycles. The van der Waals surface area contributed by atoms with Crippen molar-refractivity contribution in [1.82, 2.24) is 0 Å². The Labute approximate surface area is 182 Å². The minimum atomic E-state index is -0.351. The van der Waals surface area contributed by atoms with Crippen molar-refractivity contribution in [2.45, 2.75) is 67.7 Å². The van der Waals surface area contributed by atoms with Gasteiger partial charge in [0.2, 0.25) is 11.6 Å². The van der Waals surface area contributed by atoms with Crippen molar-refractivity contribution in [2.24, 2.45) is 5.92 Å². The van der Waals surface area contributed by atoms with Crippen molar-refractivity contribution in [3.05, 3.63) is 57.7 Å². The standard InChI is InChI=1S/C27H37NO2/c1-8-21-13-14-22-17-23(20(6)7)26(29)27(30)24(22)25(21)28(15-9-11-18(2)3)16-10-12-19(4)5/h11-14,17,20H,8-10,15-16H2,1-7H3. The Morgan fingerprint density at radius 3 is 1.97 bits per heavy atom. The molecular formula is C27H37NO2. The minimum absolute atomic E-state index is 0.0373. The van der Waals surface area contributed by atoms with Gasteiger partial charge in [-0.1, -0.05) is 56.2 Å². The molecule has 0 aromatic heterocycles. The quantitative estimate of drug-likeness (QED) is 0.343. The first-order valence-electron chi connectivity index (χ1n) is 11.2. The molecule has 1 aromatic rings. The number of hydrogen-bond donors (Lipinski definition) is 0. The number of ketones is 2. The first-order valence-corrected chi connectivity index (χ1v) is 11.2. The summed E-state index contributed by atoms with van der Waals surface area (Å²) in [4.78, 5) is 28.4. The summed E-state index contributed by atoms with van der Waals surface area (Å²) in [6.07, 6.45) is 9.05. The van der Waals surface area contributed by atoms with E-state index in [9.17, 15) is 9.59 Å². The van der Waals surface area contributed by atoms with E-state index in [1.807, 2.05) is 26.0 Å². The predicted molar refractivity (Wildman–Crippen MR) is 128 cm³/mol. The zero-order valence-corrected chi connectivity index (χ0v) is 19.8. The van der Waals surface area contributed by atoms with Crippen LogP contribution in [0.3, 0.4) is 0 Å². The number of rotatable bonds is 9. The maximum atomic E-state index is 13.2. The van der Waals surface area contributed by atoms with Crippen LogP contribution in [-0.2, 0) is 11.2 Å². The van der Waals surface area contributed by atoms with Crippen molar-refractivity contribution in [3.8, 4) is 0 Å². The Morgan fingerprint density at radius 1 is 0.933 bits per heavy atom. The van der Waals surface area contributed by atoms with Crippen LogP contribution in [0.15, 0.2) is 41.0 Å². The zero-order valence-electron chi connectivity index (χ0n) is 19.8. The third-order valence-electron chi connectivity index (χ3n) is 5.52. The molecule has 0 N–H and O–H groups in total. The first kappa shape index (κ1) is 23.9. The number of anilines is 1. The highest BCUT2D eigenvalue weighted by atomic mass is 16.2. The van der Waals surface area contributed by atoms with Gasteiger partial charge in [0.25, 0.3) is 0 Å². The van der Waals surface area contributed by atoms with E-state index in [1.54, 1.807) is 0 Å². The number of Topliss-reactive ketones (excluding diaryl/α,β-unsaturated/α-hetero) is 2. The summed E-state index contributed by atoms with van der Waals surface area (Å²) in [5.41, 5.74) is 6.76. The van der Waals surface area contributed by atoms with Crippen molar-refractivity contribution >= 4 is 23.3 Å². The van der Waals surface area contributed by atoms with E-state index in [1.165, 1.54) is 11.1 Å². The third-order valence-corrected chi connectivity index (χ3v) is 5.52. The minimum Gasteiger partial charge on any atom is -0.370 e. The molecule has 1 aliphatic rings. The molecule has 162 valence electrons. The van der Waals surface area contributed by atoms with Gasteiger partial charge in [0.05, 0.1) is 11.3 Å². The maximum Gasteiger partial charge on any atom is 0.235 e. The van der Waals surface area contributed by atoms with Crippen molar-refractivity contribution < 1.29 is 9.59 Å². The Morgan fingerprint density at radius 2 is 1.50 bits per heavy atom. The lowest BCUT2D eigenvalue weighted by Gasteiger charge is -2.31. The zero-order chi connectivity index (χ0) is 22.4. The maximum absolute atomic E-state index is 13.2. The molecule has 0 heterocycles.